The van der Waals surface area contributed by atoms with Gasteiger partial charge in [-0.2, -0.15) is 13.2 Å². The molecule has 1 unspecified atom stereocenters. The average molecular weight is 511 g/mol. The minimum absolute atomic E-state index is 0.0754. The van der Waals surface area contributed by atoms with Crippen molar-refractivity contribution in [3.63, 3.8) is 0 Å². The fraction of sp³-hybridized carbons (Fsp3) is 0.136. The lowest BCUT2D eigenvalue weighted by molar-refractivity contribution is -0.137. The number of esters is 1. The Morgan fingerprint density at radius 1 is 1.09 bits per heavy atom. The molecule has 0 aliphatic carbocycles. The highest BCUT2D eigenvalue weighted by Crippen LogP contribution is 2.35. The van der Waals surface area contributed by atoms with Crippen LogP contribution in [0.5, 0.6) is 0 Å². The van der Waals surface area contributed by atoms with E-state index in [0.717, 1.165) is 38.3 Å². The first kappa shape index (κ1) is 23.2. The highest BCUT2D eigenvalue weighted by atomic mass is 35.5. The first-order chi connectivity index (χ1) is 15.6. The van der Waals surface area contributed by atoms with Crippen molar-refractivity contribution in [1.29, 1.82) is 0 Å². The monoisotopic (exact) mass is 510 g/mol. The number of amides is 1. The third kappa shape index (κ3) is 5.18. The van der Waals surface area contributed by atoms with Crippen LogP contribution < -0.4 is 5.32 Å². The molecule has 2 aromatic carbocycles. The van der Waals surface area contributed by atoms with Crippen LogP contribution in [-0.2, 0) is 15.7 Å². The molecule has 1 N–H and O–H groups in total. The maximum Gasteiger partial charge on any atom is 0.416 e. The van der Waals surface area contributed by atoms with Gasteiger partial charge in [-0.05, 0) is 49.4 Å². The van der Waals surface area contributed by atoms with Crippen LogP contribution in [0.25, 0.3) is 20.1 Å². The highest BCUT2D eigenvalue weighted by molar-refractivity contribution is 7.26. The Bertz CT molecular complexity index is 1320. The Morgan fingerprint density at radius 2 is 1.85 bits per heavy atom. The number of para-hydroxylation sites is 1. The molecule has 2 aromatic heterocycles. The standard InChI is InChI=1S/C22H14ClF3N2O3S2/c1-11(19(29)27-15-10-12(22(24,25)26)6-7-13(15)23)31-21(30)18-9-8-17(32-18)20-28-14-4-2-3-5-16(14)33-20/h2-11H,1H3,(H,27,29). The minimum atomic E-state index is -4.59. The summed E-state index contributed by atoms with van der Waals surface area (Å²) in [7, 11) is 0. The van der Waals surface area contributed by atoms with Crippen LogP contribution in [0.4, 0.5) is 18.9 Å². The van der Waals surface area contributed by atoms with Gasteiger partial charge in [0.25, 0.3) is 5.91 Å². The molecule has 0 bridgehead atoms. The Morgan fingerprint density at radius 3 is 2.58 bits per heavy atom. The van der Waals surface area contributed by atoms with Gasteiger partial charge >= 0.3 is 12.1 Å². The zero-order valence-electron chi connectivity index (χ0n) is 16.8. The molecular formula is C22H14ClF3N2O3S2. The van der Waals surface area contributed by atoms with Gasteiger partial charge in [-0.25, -0.2) is 9.78 Å². The lowest BCUT2D eigenvalue weighted by atomic mass is 10.2. The summed E-state index contributed by atoms with van der Waals surface area (Å²) < 4.78 is 44.9. The van der Waals surface area contributed by atoms with Gasteiger partial charge in [-0.1, -0.05) is 23.7 Å². The van der Waals surface area contributed by atoms with E-state index in [9.17, 15) is 22.8 Å². The van der Waals surface area contributed by atoms with Crippen molar-refractivity contribution in [1.82, 2.24) is 4.98 Å². The van der Waals surface area contributed by atoms with Crippen LogP contribution in [0.15, 0.2) is 54.6 Å². The van der Waals surface area contributed by atoms with Crippen molar-refractivity contribution in [2.75, 3.05) is 5.32 Å². The van der Waals surface area contributed by atoms with Crippen LogP contribution in [0.2, 0.25) is 5.02 Å². The van der Waals surface area contributed by atoms with E-state index in [1.807, 2.05) is 24.3 Å². The van der Waals surface area contributed by atoms with Gasteiger partial charge in [0.15, 0.2) is 6.10 Å². The van der Waals surface area contributed by atoms with Crippen molar-refractivity contribution in [2.45, 2.75) is 19.2 Å². The Labute approximate surface area is 198 Å². The maximum absolute atomic E-state index is 12.9. The number of ether oxygens (including phenoxy) is 1. The fourth-order valence-electron chi connectivity index (χ4n) is 2.84. The molecule has 33 heavy (non-hydrogen) atoms. The number of halogens is 4. The molecule has 2 heterocycles. The van der Waals surface area contributed by atoms with Crippen molar-refractivity contribution in [2.24, 2.45) is 0 Å². The SMILES string of the molecule is CC(OC(=O)c1ccc(-c2nc3ccccc3s2)s1)C(=O)Nc1cc(C(F)(F)F)ccc1Cl. The summed E-state index contributed by atoms with van der Waals surface area (Å²) in [6.07, 6.45) is -5.86. The molecule has 1 atom stereocenters. The predicted octanol–water partition coefficient (Wildman–Crippen LogP) is 6.88. The zero-order chi connectivity index (χ0) is 23.8. The number of hydrogen-bond acceptors (Lipinski definition) is 6. The Balaban J connectivity index is 1.43. The number of nitrogens with zero attached hydrogens (tertiary/aromatic N) is 1. The molecule has 11 heteroatoms. The summed E-state index contributed by atoms with van der Waals surface area (Å²) in [5.74, 6) is -1.54. The molecule has 0 radical (unpaired) electrons. The number of alkyl halides is 3. The first-order valence-electron chi connectivity index (χ1n) is 9.46. The number of carbonyl (C=O) groups is 2. The molecule has 0 saturated heterocycles. The van der Waals surface area contributed by atoms with E-state index in [1.165, 1.54) is 29.6 Å². The topological polar surface area (TPSA) is 68.3 Å². The van der Waals surface area contributed by atoms with E-state index in [-0.39, 0.29) is 15.6 Å². The summed E-state index contributed by atoms with van der Waals surface area (Å²) in [4.78, 5) is 30.5. The fourth-order valence-corrected chi connectivity index (χ4v) is 4.92. The molecule has 0 saturated carbocycles. The van der Waals surface area contributed by atoms with Crippen molar-refractivity contribution >= 4 is 62.1 Å². The van der Waals surface area contributed by atoms with E-state index >= 15 is 0 Å². The number of carbonyl (C=O) groups excluding carboxylic acids is 2. The first-order valence-corrected chi connectivity index (χ1v) is 11.5. The average Bonchev–Trinajstić information content (AvgIpc) is 3.41. The molecule has 0 spiro atoms. The second-order valence-electron chi connectivity index (χ2n) is 6.88. The third-order valence-electron chi connectivity index (χ3n) is 4.52. The van der Waals surface area contributed by atoms with Gasteiger partial charge in [-0.15, -0.1) is 22.7 Å². The number of hydrogen-bond donors (Lipinski definition) is 1. The molecule has 4 aromatic rings. The summed E-state index contributed by atoms with van der Waals surface area (Å²) in [5, 5.41) is 2.95. The number of nitrogens with one attached hydrogen (secondary N) is 1. The van der Waals surface area contributed by atoms with E-state index in [2.05, 4.69) is 10.3 Å². The molecule has 0 fully saturated rings. The van der Waals surface area contributed by atoms with Gasteiger partial charge in [0.2, 0.25) is 0 Å². The quantitative estimate of drug-likeness (QED) is 0.297. The molecule has 170 valence electrons. The van der Waals surface area contributed by atoms with Gasteiger partial charge in [-0.3, -0.25) is 4.79 Å². The van der Waals surface area contributed by atoms with Crippen LogP contribution in [0, 0.1) is 0 Å². The van der Waals surface area contributed by atoms with E-state index in [0.29, 0.717) is 0 Å². The lowest BCUT2D eigenvalue weighted by Gasteiger charge is -2.15. The highest BCUT2D eigenvalue weighted by Gasteiger charge is 2.31. The third-order valence-corrected chi connectivity index (χ3v) is 7.12. The van der Waals surface area contributed by atoms with Gasteiger partial charge in [0.05, 0.1) is 31.4 Å². The molecule has 1 amide bonds. The summed E-state index contributed by atoms with van der Waals surface area (Å²) in [6, 6.07) is 13.5. The molecule has 4 rings (SSSR count). The second kappa shape index (κ2) is 9.12. The molecule has 0 aliphatic heterocycles. The Hall–Kier alpha value is -2.95. The van der Waals surface area contributed by atoms with Crippen LogP contribution >= 0.6 is 34.3 Å². The predicted molar refractivity (Wildman–Crippen MR) is 123 cm³/mol. The maximum atomic E-state index is 12.9. The van der Waals surface area contributed by atoms with E-state index in [4.69, 9.17) is 16.3 Å². The Kier molecular flexibility index (Phi) is 6.42. The van der Waals surface area contributed by atoms with Crippen molar-refractivity contribution < 1.29 is 27.5 Å². The summed E-state index contributed by atoms with van der Waals surface area (Å²) in [5.41, 5.74) is -0.338. The van der Waals surface area contributed by atoms with E-state index < -0.39 is 29.7 Å². The van der Waals surface area contributed by atoms with E-state index in [1.54, 1.807) is 12.1 Å². The lowest BCUT2D eigenvalue weighted by Crippen LogP contribution is -2.30. The second-order valence-corrected chi connectivity index (χ2v) is 9.40. The molecular weight excluding hydrogens is 497 g/mol. The van der Waals surface area contributed by atoms with Crippen LogP contribution in [-0.4, -0.2) is 23.0 Å². The number of rotatable bonds is 5. The van der Waals surface area contributed by atoms with Gasteiger partial charge in [0, 0.05) is 0 Å². The largest absolute Gasteiger partial charge is 0.448 e. The number of thiazole rings is 1. The van der Waals surface area contributed by atoms with Crippen molar-refractivity contribution in [3.8, 4) is 9.88 Å². The van der Waals surface area contributed by atoms with Gasteiger partial charge in [0.1, 0.15) is 9.88 Å². The summed E-state index contributed by atoms with van der Waals surface area (Å²) in [6.45, 7) is 1.32. The normalized spacial score (nSPS) is 12.5. The summed E-state index contributed by atoms with van der Waals surface area (Å²) >= 11 is 8.55. The zero-order valence-corrected chi connectivity index (χ0v) is 19.2. The van der Waals surface area contributed by atoms with Crippen LogP contribution in [0.3, 0.4) is 0 Å². The minimum Gasteiger partial charge on any atom is -0.448 e. The molecule has 5 nitrogen and oxygen atoms in total. The smallest absolute Gasteiger partial charge is 0.416 e. The van der Waals surface area contributed by atoms with Crippen molar-refractivity contribution in [3.05, 3.63) is 70.1 Å². The number of fused-ring (bicyclic) bond motifs is 1. The van der Waals surface area contributed by atoms with Gasteiger partial charge < -0.3 is 10.1 Å². The number of thiophene rings is 1. The van der Waals surface area contributed by atoms with Crippen LogP contribution in [0.1, 0.15) is 22.2 Å². The number of aromatic nitrogens is 1. The number of anilines is 1. The molecule has 0 aliphatic rings. The number of benzene rings is 2.